The number of carbonyl (C=O) groups is 1. The number of hydrogen-bond acceptors (Lipinski definition) is 3. The molecular formula is C28H26N4O2. The van der Waals surface area contributed by atoms with E-state index in [1.165, 1.54) is 10.9 Å². The van der Waals surface area contributed by atoms with Crippen molar-refractivity contribution >= 4 is 44.3 Å². The van der Waals surface area contributed by atoms with E-state index < -0.39 is 0 Å². The first-order chi connectivity index (χ1) is 16.6. The zero-order chi connectivity index (χ0) is 23.2. The molecule has 0 atom stereocenters. The largest absolute Gasteiger partial charge is 0.341 e. The lowest BCUT2D eigenvalue weighted by Crippen LogP contribution is -2.24. The van der Waals surface area contributed by atoms with Crippen molar-refractivity contribution in [2.45, 2.75) is 45.7 Å². The van der Waals surface area contributed by atoms with Crippen molar-refractivity contribution in [1.29, 1.82) is 0 Å². The number of para-hydroxylation sites is 1. The SMILES string of the molecule is CCn1c2ccccc2c2cc(NC(=O)c3ccc4c(=O)n5c(nc4c3)CCCCC5)ccc21. The van der Waals surface area contributed by atoms with Crippen LogP contribution in [-0.4, -0.2) is 20.0 Å². The van der Waals surface area contributed by atoms with Crippen molar-refractivity contribution in [2.75, 3.05) is 5.32 Å². The topological polar surface area (TPSA) is 68.9 Å². The Morgan fingerprint density at radius 3 is 2.68 bits per heavy atom. The molecule has 0 spiro atoms. The Morgan fingerprint density at radius 2 is 1.79 bits per heavy atom. The molecule has 6 heteroatoms. The van der Waals surface area contributed by atoms with Crippen molar-refractivity contribution in [1.82, 2.24) is 14.1 Å². The standard InChI is InChI=1S/C28H26N4O2/c1-2-31-24-9-6-5-8-20(24)22-17-19(12-14-25(22)31)29-27(33)18-11-13-21-23(16-18)30-26-10-4-3-7-15-32(26)28(21)34/h5-6,8-9,11-14,16-17H,2-4,7,10,15H2,1H3,(H,29,33). The Labute approximate surface area is 196 Å². The van der Waals surface area contributed by atoms with Gasteiger partial charge in [-0.25, -0.2) is 4.98 Å². The Hall–Kier alpha value is -3.93. The van der Waals surface area contributed by atoms with Crippen molar-refractivity contribution in [2.24, 2.45) is 0 Å². The summed E-state index contributed by atoms with van der Waals surface area (Å²) in [4.78, 5) is 30.9. The third-order valence-electron chi connectivity index (χ3n) is 6.93. The number of benzene rings is 3. The first-order valence-electron chi connectivity index (χ1n) is 12.0. The molecule has 0 fully saturated rings. The number of nitrogens with one attached hydrogen (secondary N) is 1. The third-order valence-corrected chi connectivity index (χ3v) is 6.93. The van der Waals surface area contributed by atoms with Gasteiger partial charge in [0.2, 0.25) is 0 Å². The molecule has 170 valence electrons. The van der Waals surface area contributed by atoms with E-state index in [0.717, 1.165) is 61.2 Å². The lowest BCUT2D eigenvalue weighted by molar-refractivity contribution is 0.102. The van der Waals surface area contributed by atoms with Crippen molar-refractivity contribution in [3.8, 4) is 0 Å². The van der Waals surface area contributed by atoms with Crippen molar-refractivity contribution < 1.29 is 4.79 Å². The molecule has 34 heavy (non-hydrogen) atoms. The summed E-state index contributed by atoms with van der Waals surface area (Å²) in [6.07, 6.45) is 3.94. The predicted molar refractivity (Wildman–Crippen MR) is 137 cm³/mol. The van der Waals surface area contributed by atoms with Crippen LogP contribution in [0.15, 0.2) is 65.5 Å². The van der Waals surface area contributed by atoms with Gasteiger partial charge < -0.3 is 9.88 Å². The summed E-state index contributed by atoms with van der Waals surface area (Å²) in [7, 11) is 0. The number of aryl methyl sites for hydroxylation is 2. The van der Waals surface area contributed by atoms with Crippen LogP contribution in [0.4, 0.5) is 5.69 Å². The first kappa shape index (κ1) is 20.7. The van der Waals surface area contributed by atoms with Crippen LogP contribution in [0.5, 0.6) is 0 Å². The van der Waals surface area contributed by atoms with E-state index in [-0.39, 0.29) is 11.5 Å². The highest BCUT2D eigenvalue weighted by molar-refractivity contribution is 6.11. The van der Waals surface area contributed by atoms with Crippen LogP contribution in [0.2, 0.25) is 0 Å². The fourth-order valence-electron chi connectivity index (χ4n) is 5.23. The van der Waals surface area contributed by atoms with Gasteiger partial charge in [-0.1, -0.05) is 24.6 Å². The minimum Gasteiger partial charge on any atom is -0.341 e. The average Bonchev–Trinajstić information content (AvgIpc) is 2.98. The van der Waals surface area contributed by atoms with Gasteiger partial charge in [0, 0.05) is 52.6 Å². The lowest BCUT2D eigenvalue weighted by atomic mass is 10.1. The zero-order valence-corrected chi connectivity index (χ0v) is 19.2. The summed E-state index contributed by atoms with van der Waals surface area (Å²) in [5.41, 5.74) is 4.16. The summed E-state index contributed by atoms with van der Waals surface area (Å²) in [6.45, 7) is 3.74. The molecule has 1 aliphatic rings. The number of amides is 1. The highest BCUT2D eigenvalue weighted by Crippen LogP contribution is 2.31. The molecule has 1 amide bonds. The summed E-state index contributed by atoms with van der Waals surface area (Å²) in [6, 6.07) is 19.6. The number of fused-ring (bicyclic) bond motifs is 5. The second-order valence-corrected chi connectivity index (χ2v) is 8.97. The number of carbonyl (C=O) groups excluding carboxylic acids is 1. The number of hydrogen-bond donors (Lipinski definition) is 1. The van der Waals surface area contributed by atoms with Crippen LogP contribution < -0.4 is 10.9 Å². The van der Waals surface area contributed by atoms with E-state index in [1.807, 2.05) is 18.2 Å². The molecule has 2 aromatic heterocycles. The van der Waals surface area contributed by atoms with Gasteiger partial charge in [0.1, 0.15) is 5.82 Å². The number of nitrogens with zero attached hydrogens (tertiary/aromatic N) is 3. The third kappa shape index (κ3) is 3.29. The van der Waals surface area contributed by atoms with Crippen LogP contribution in [-0.2, 0) is 19.5 Å². The number of rotatable bonds is 3. The fraction of sp³-hybridized carbons (Fsp3) is 0.250. The van der Waals surface area contributed by atoms with Gasteiger partial charge in [-0.3, -0.25) is 14.2 Å². The molecular weight excluding hydrogens is 424 g/mol. The number of anilines is 1. The van der Waals surface area contributed by atoms with Crippen molar-refractivity contribution in [3.63, 3.8) is 0 Å². The van der Waals surface area contributed by atoms with E-state index in [4.69, 9.17) is 4.98 Å². The summed E-state index contributed by atoms with van der Waals surface area (Å²) in [5.74, 6) is 0.614. The second-order valence-electron chi connectivity index (χ2n) is 8.97. The van der Waals surface area contributed by atoms with Crippen LogP contribution in [0, 0.1) is 0 Å². The molecule has 0 saturated carbocycles. The summed E-state index contributed by atoms with van der Waals surface area (Å²) < 4.78 is 4.09. The normalized spacial score (nSPS) is 13.8. The van der Waals surface area contributed by atoms with Crippen molar-refractivity contribution in [3.05, 3.63) is 82.4 Å². The minimum atomic E-state index is -0.211. The first-order valence-corrected chi connectivity index (χ1v) is 12.0. The Balaban J connectivity index is 1.36. The van der Waals surface area contributed by atoms with E-state index in [1.54, 1.807) is 22.8 Å². The molecule has 0 aliphatic carbocycles. The quantitative estimate of drug-likeness (QED) is 0.394. The van der Waals surface area contributed by atoms with Gasteiger partial charge in [-0.05, 0) is 62.2 Å². The van der Waals surface area contributed by atoms with Gasteiger partial charge in [-0.15, -0.1) is 0 Å². The molecule has 0 bridgehead atoms. The predicted octanol–water partition coefficient (Wildman–Crippen LogP) is 5.50. The van der Waals surface area contributed by atoms with Gasteiger partial charge in [0.25, 0.3) is 11.5 Å². The second kappa shape index (κ2) is 8.13. The average molecular weight is 451 g/mol. The van der Waals surface area contributed by atoms with Crippen LogP contribution in [0.25, 0.3) is 32.7 Å². The maximum Gasteiger partial charge on any atom is 0.261 e. The van der Waals surface area contributed by atoms with E-state index in [9.17, 15) is 9.59 Å². The Bertz CT molecular complexity index is 1640. The maximum atomic E-state index is 13.1. The Morgan fingerprint density at radius 1 is 0.941 bits per heavy atom. The molecule has 5 aromatic rings. The molecule has 0 radical (unpaired) electrons. The maximum absolute atomic E-state index is 13.1. The molecule has 6 rings (SSSR count). The molecule has 0 unspecified atom stereocenters. The van der Waals surface area contributed by atoms with E-state index in [2.05, 4.69) is 41.1 Å². The molecule has 3 heterocycles. The summed E-state index contributed by atoms with van der Waals surface area (Å²) in [5, 5.41) is 5.89. The smallest absolute Gasteiger partial charge is 0.261 e. The highest BCUT2D eigenvalue weighted by Gasteiger charge is 2.16. The number of aromatic nitrogens is 3. The van der Waals surface area contributed by atoms with Gasteiger partial charge in [0.15, 0.2) is 0 Å². The molecule has 3 aromatic carbocycles. The van der Waals surface area contributed by atoms with Gasteiger partial charge in [-0.2, -0.15) is 0 Å². The summed E-state index contributed by atoms with van der Waals surface area (Å²) >= 11 is 0. The molecule has 6 nitrogen and oxygen atoms in total. The lowest BCUT2D eigenvalue weighted by Gasteiger charge is -2.11. The minimum absolute atomic E-state index is 0.00776. The van der Waals surface area contributed by atoms with Crippen LogP contribution in [0.1, 0.15) is 42.4 Å². The molecule has 1 aliphatic heterocycles. The van der Waals surface area contributed by atoms with E-state index >= 15 is 0 Å². The zero-order valence-electron chi connectivity index (χ0n) is 19.2. The highest BCUT2D eigenvalue weighted by atomic mass is 16.1. The van der Waals surface area contributed by atoms with Gasteiger partial charge in [0.05, 0.1) is 10.9 Å². The molecule has 0 saturated heterocycles. The van der Waals surface area contributed by atoms with E-state index in [0.29, 0.717) is 16.5 Å². The van der Waals surface area contributed by atoms with Crippen LogP contribution in [0.3, 0.4) is 0 Å². The fourth-order valence-corrected chi connectivity index (χ4v) is 5.23. The monoisotopic (exact) mass is 450 g/mol. The van der Waals surface area contributed by atoms with Crippen LogP contribution >= 0.6 is 0 Å². The Kier molecular flexibility index (Phi) is 4.94. The van der Waals surface area contributed by atoms with Gasteiger partial charge >= 0.3 is 0 Å². The molecule has 1 N–H and O–H groups in total.